The van der Waals surface area contributed by atoms with E-state index in [1.54, 1.807) is 0 Å². The third-order valence-corrected chi connectivity index (χ3v) is 2.09. The molecule has 0 aliphatic heterocycles. The van der Waals surface area contributed by atoms with E-state index in [9.17, 15) is 0 Å². The molecule has 1 aromatic carbocycles. The predicted octanol–water partition coefficient (Wildman–Crippen LogP) is -6.14. The first kappa shape index (κ1) is 25.7. The van der Waals surface area contributed by atoms with Crippen LogP contribution in [0.2, 0.25) is 0 Å². The molecule has 0 spiro atoms. The fourth-order valence-corrected chi connectivity index (χ4v) is 1.35. The molecule has 7 heteroatoms. The van der Waals surface area contributed by atoms with Crippen LogP contribution >= 0.6 is 0 Å². The third-order valence-electron chi connectivity index (χ3n) is 2.09. The van der Waals surface area contributed by atoms with Gasteiger partial charge in [-0.05, 0) is 26.0 Å². The number of hydrogen-bond acceptors (Lipinski definition) is 2. The first-order valence-electron chi connectivity index (χ1n) is 4.20. The van der Waals surface area contributed by atoms with Gasteiger partial charge < -0.3 is 42.1 Å². The maximum absolute atomic E-state index is 8.74. The Morgan fingerprint density at radius 2 is 1.35 bits per heavy atom. The molecule has 0 amide bonds. The zero-order valence-electron chi connectivity index (χ0n) is 10.3. The maximum atomic E-state index is 8.74. The van der Waals surface area contributed by atoms with Crippen LogP contribution in [0.3, 0.4) is 0 Å². The fraction of sp³-hybridized carbons (Fsp3) is 0.400. The average Bonchev–Trinajstić information content (AvgIpc) is 2.03. The van der Waals surface area contributed by atoms with Gasteiger partial charge in [0, 0.05) is 30.9 Å². The molecule has 0 bridgehead atoms. The minimum absolute atomic E-state index is 0. The molecule has 3 nitrogen and oxygen atoms in total. The van der Waals surface area contributed by atoms with Gasteiger partial charge in [0.2, 0.25) is 5.39 Å². The van der Waals surface area contributed by atoms with Crippen molar-refractivity contribution in [1.29, 1.82) is 5.39 Å². The van der Waals surface area contributed by atoms with Crippen LogP contribution in [0.1, 0.15) is 11.1 Å². The van der Waals surface area contributed by atoms with Crippen molar-refractivity contribution < 1.29 is 56.7 Å². The van der Waals surface area contributed by atoms with Crippen LogP contribution in [-0.2, 0) is 19.5 Å². The molecule has 0 heterocycles. The van der Waals surface area contributed by atoms with Crippen molar-refractivity contribution >= 4 is 11.4 Å². The molecule has 0 N–H and O–H groups in total. The Hall–Kier alpha value is -0.0666. The average molecular weight is 348 g/mol. The second-order valence-electron chi connectivity index (χ2n) is 3.42. The number of halogens is 3. The second kappa shape index (κ2) is 11.0. The van der Waals surface area contributed by atoms with Crippen molar-refractivity contribution in [3.8, 4) is 0 Å². The van der Waals surface area contributed by atoms with Crippen LogP contribution in [0, 0.1) is 19.2 Å². The Labute approximate surface area is 134 Å². The molecule has 0 aliphatic rings. The summed E-state index contributed by atoms with van der Waals surface area (Å²) < 4.78 is 0. The van der Waals surface area contributed by atoms with E-state index in [1.165, 1.54) is 0 Å². The zero-order chi connectivity index (χ0) is 10.0. The summed E-state index contributed by atoms with van der Waals surface area (Å²) >= 11 is 0. The van der Waals surface area contributed by atoms with Crippen molar-refractivity contribution in [2.24, 2.45) is 0 Å². The molecule has 0 aliphatic carbocycles. The second-order valence-corrected chi connectivity index (χ2v) is 3.42. The number of anilines is 1. The van der Waals surface area contributed by atoms with Gasteiger partial charge in [0.05, 0.1) is 0 Å². The van der Waals surface area contributed by atoms with Crippen LogP contribution in [0.4, 0.5) is 11.4 Å². The van der Waals surface area contributed by atoms with Crippen LogP contribution in [0.25, 0.3) is 4.98 Å². The minimum Gasteiger partial charge on any atom is -1.00 e. The summed E-state index contributed by atoms with van der Waals surface area (Å²) in [6, 6.07) is 4.00. The summed E-state index contributed by atoms with van der Waals surface area (Å²) in [6.07, 6.45) is 0. The molecule has 0 aromatic heterocycles. The van der Waals surface area contributed by atoms with E-state index >= 15 is 0 Å². The van der Waals surface area contributed by atoms with E-state index in [0.29, 0.717) is 5.69 Å². The van der Waals surface area contributed by atoms with Gasteiger partial charge in [-0.1, -0.05) is 0 Å². The number of hydrogen-bond donors (Lipinski definition) is 0. The summed E-state index contributed by atoms with van der Waals surface area (Å²) in [6.45, 7) is 3.88. The number of diazo groups is 1. The normalized spacial score (nSPS) is 7.24. The fourth-order valence-electron chi connectivity index (χ4n) is 1.35. The van der Waals surface area contributed by atoms with Crippen molar-refractivity contribution in [1.82, 2.24) is 0 Å². The van der Waals surface area contributed by atoms with Crippen LogP contribution in [-0.4, -0.2) is 14.1 Å². The molecule has 0 radical (unpaired) electrons. The van der Waals surface area contributed by atoms with Crippen molar-refractivity contribution in [2.75, 3.05) is 19.0 Å². The maximum Gasteiger partial charge on any atom is 2.00 e. The quantitative estimate of drug-likeness (QED) is 0.374. The standard InChI is InChI=1S/C10H14N3.3ClH.Zn/c1-7-5-9(13(3)4)6-8(2)10(7)12-11;;;;/h5-6H,1-4H3;3*1H;/q+1;;;;+2/p-3. The Morgan fingerprint density at radius 3 is 1.59 bits per heavy atom. The summed E-state index contributed by atoms with van der Waals surface area (Å²) in [5.74, 6) is 0. The topological polar surface area (TPSA) is 31.4 Å². The van der Waals surface area contributed by atoms with Crippen molar-refractivity contribution in [2.45, 2.75) is 13.8 Å². The van der Waals surface area contributed by atoms with Gasteiger partial charge in [-0.2, -0.15) is 0 Å². The molecule has 0 saturated heterocycles. The van der Waals surface area contributed by atoms with Gasteiger partial charge in [-0.15, -0.1) is 0 Å². The first-order chi connectivity index (χ1) is 6.06. The molecular weight excluding hydrogens is 334 g/mol. The summed E-state index contributed by atoms with van der Waals surface area (Å²) in [5.41, 5.74) is 3.78. The molecule has 17 heavy (non-hydrogen) atoms. The van der Waals surface area contributed by atoms with E-state index in [1.807, 2.05) is 45.0 Å². The summed E-state index contributed by atoms with van der Waals surface area (Å²) in [5, 5.41) is 8.74. The molecule has 1 rings (SSSR count). The van der Waals surface area contributed by atoms with E-state index in [0.717, 1.165) is 16.8 Å². The van der Waals surface area contributed by atoms with Crippen LogP contribution in [0.15, 0.2) is 12.1 Å². The Bertz CT molecular complexity index is 355. The Kier molecular flexibility index (Phi) is 16.7. The zero-order valence-corrected chi connectivity index (χ0v) is 15.6. The molecule has 1 aromatic rings. The van der Waals surface area contributed by atoms with Gasteiger partial charge >= 0.3 is 25.2 Å². The van der Waals surface area contributed by atoms with E-state index in [-0.39, 0.29) is 56.7 Å². The molecule has 0 fully saturated rings. The molecular formula is C10H14Cl3N3Zn. The smallest absolute Gasteiger partial charge is 1.00 e. The first-order valence-corrected chi connectivity index (χ1v) is 4.20. The number of rotatable bonds is 1. The summed E-state index contributed by atoms with van der Waals surface area (Å²) in [7, 11) is 3.98. The molecule has 92 valence electrons. The van der Waals surface area contributed by atoms with Gasteiger partial charge in [0.15, 0.2) is 4.98 Å². The van der Waals surface area contributed by atoms with Crippen molar-refractivity contribution in [3.05, 3.63) is 28.2 Å². The van der Waals surface area contributed by atoms with E-state index in [2.05, 4.69) is 4.98 Å². The van der Waals surface area contributed by atoms with E-state index < -0.39 is 0 Å². The monoisotopic (exact) mass is 345 g/mol. The van der Waals surface area contributed by atoms with Crippen molar-refractivity contribution in [3.63, 3.8) is 0 Å². The number of aryl methyl sites for hydroxylation is 2. The predicted molar refractivity (Wildman–Crippen MR) is 55.0 cm³/mol. The largest absolute Gasteiger partial charge is 2.00 e. The van der Waals surface area contributed by atoms with Gasteiger partial charge in [-0.3, -0.25) is 0 Å². The van der Waals surface area contributed by atoms with Crippen LogP contribution in [0.5, 0.6) is 0 Å². The SMILES string of the molecule is Cc1cc(N(C)C)cc(C)c1[N+]#N.[Cl-].[Cl-].[Cl-].[Zn+2]. The van der Waals surface area contributed by atoms with E-state index in [4.69, 9.17) is 5.39 Å². The van der Waals surface area contributed by atoms with Crippen LogP contribution < -0.4 is 42.1 Å². The van der Waals surface area contributed by atoms with Gasteiger partial charge in [-0.25, -0.2) is 0 Å². The number of benzene rings is 1. The van der Waals surface area contributed by atoms with Gasteiger partial charge in [0.25, 0.3) is 0 Å². The number of nitrogens with zero attached hydrogens (tertiary/aromatic N) is 3. The minimum atomic E-state index is 0. The Morgan fingerprint density at radius 1 is 1.00 bits per heavy atom. The molecule has 0 unspecified atom stereocenters. The third kappa shape index (κ3) is 6.43. The van der Waals surface area contributed by atoms with Gasteiger partial charge in [0.1, 0.15) is 0 Å². The molecule has 0 atom stereocenters. The molecule has 0 saturated carbocycles. The summed E-state index contributed by atoms with van der Waals surface area (Å²) in [4.78, 5) is 5.28. The Balaban J connectivity index is -0.000000211.